The molecule has 0 radical (unpaired) electrons. The van der Waals surface area contributed by atoms with E-state index in [-0.39, 0.29) is 18.1 Å². The summed E-state index contributed by atoms with van der Waals surface area (Å²) in [5.74, 6) is 1.03. The third-order valence-electron chi connectivity index (χ3n) is 3.28. The fraction of sp³-hybridized carbons (Fsp3) is 0.900. The molecule has 1 saturated carbocycles. The average Bonchev–Trinajstić information content (AvgIpc) is 2.82. The van der Waals surface area contributed by atoms with Crippen LogP contribution in [0.5, 0.6) is 0 Å². The Balaban J connectivity index is 2.07. The minimum Gasteiger partial charge on any atom is -0.323 e. The molecule has 2 aliphatic rings. The van der Waals surface area contributed by atoms with Crippen molar-refractivity contribution in [2.24, 2.45) is 5.92 Å². The summed E-state index contributed by atoms with van der Waals surface area (Å²) in [7, 11) is 0. The minimum absolute atomic E-state index is 0.0104. The quantitative estimate of drug-likeness (QED) is 0.689. The van der Waals surface area contributed by atoms with Gasteiger partial charge in [-0.25, -0.2) is 0 Å². The van der Waals surface area contributed by atoms with E-state index < -0.39 is 0 Å². The van der Waals surface area contributed by atoms with Crippen LogP contribution in [0.3, 0.4) is 0 Å². The summed E-state index contributed by atoms with van der Waals surface area (Å²) in [6.07, 6.45) is 2.82. The lowest BCUT2D eigenvalue weighted by Gasteiger charge is -2.28. The molecule has 0 aromatic heterocycles. The molecule has 3 atom stereocenters. The van der Waals surface area contributed by atoms with Crippen molar-refractivity contribution >= 4 is 5.91 Å². The molecule has 1 saturated heterocycles. The van der Waals surface area contributed by atoms with E-state index >= 15 is 0 Å². The number of hydrogen-bond acceptors (Lipinski definition) is 2. The normalized spacial score (nSPS) is 36.8. The van der Waals surface area contributed by atoms with Crippen molar-refractivity contribution in [1.29, 1.82) is 0 Å². The second-order valence-electron chi connectivity index (χ2n) is 4.39. The Bertz CT molecular complexity index is 225. The van der Waals surface area contributed by atoms with Gasteiger partial charge in [-0.15, -0.1) is 0 Å². The first-order chi connectivity index (χ1) is 6.11. The highest BCUT2D eigenvalue weighted by Gasteiger charge is 2.41. The summed E-state index contributed by atoms with van der Waals surface area (Å²) >= 11 is 0. The van der Waals surface area contributed by atoms with Crippen LogP contribution in [0, 0.1) is 5.92 Å². The number of carbonyl (C=O) groups excluding carboxylic acids is 1. The van der Waals surface area contributed by atoms with Crippen molar-refractivity contribution in [2.75, 3.05) is 0 Å². The average molecular weight is 182 g/mol. The number of rotatable bonds is 2. The van der Waals surface area contributed by atoms with Gasteiger partial charge in [0.05, 0.1) is 12.2 Å². The maximum absolute atomic E-state index is 11.8. The summed E-state index contributed by atoms with van der Waals surface area (Å²) < 4.78 is 0. The van der Waals surface area contributed by atoms with Crippen molar-refractivity contribution < 1.29 is 4.79 Å². The maximum Gasteiger partial charge on any atom is 0.240 e. The highest BCUT2D eigenvalue weighted by molar-refractivity contribution is 5.84. The van der Waals surface area contributed by atoms with Crippen molar-refractivity contribution in [3.05, 3.63) is 0 Å². The zero-order chi connectivity index (χ0) is 9.59. The highest BCUT2D eigenvalue weighted by Crippen LogP contribution is 2.36. The molecule has 13 heavy (non-hydrogen) atoms. The van der Waals surface area contributed by atoms with Gasteiger partial charge in [-0.3, -0.25) is 10.1 Å². The van der Waals surface area contributed by atoms with E-state index in [1.165, 1.54) is 12.8 Å². The number of nitrogens with zero attached hydrogens (tertiary/aromatic N) is 1. The molecule has 3 heteroatoms. The fourth-order valence-corrected chi connectivity index (χ4v) is 2.29. The second-order valence-corrected chi connectivity index (χ2v) is 4.39. The van der Waals surface area contributed by atoms with Crippen molar-refractivity contribution in [1.82, 2.24) is 10.2 Å². The Morgan fingerprint density at radius 1 is 1.46 bits per heavy atom. The fourth-order valence-electron chi connectivity index (χ4n) is 2.29. The number of amides is 1. The zero-order valence-electron chi connectivity index (χ0n) is 8.58. The summed E-state index contributed by atoms with van der Waals surface area (Å²) in [5, 5.41) is 3.26. The number of carbonyl (C=O) groups is 1. The first-order valence-corrected chi connectivity index (χ1v) is 5.19. The van der Waals surface area contributed by atoms with Gasteiger partial charge in [-0.2, -0.15) is 0 Å². The van der Waals surface area contributed by atoms with E-state index in [9.17, 15) is 4.79 Å². The molecule has 0 aromatic rings. The van der Waals surface area contributed by atoms with E-state index in [2.05, 4.69) is 19.2 Å². The smallest absolute Gasteiger partial charge is 0.240 e. The molecule has 0 spiro atoms. The van der Waals surface area contributed by atoms with Crippen LogP contribution in [0.15, 0.2) is 0 Å². The molecule has 1 aliphatic heterocycles. The van der Waals surface area contributed by atoms with E-state index in [1.54, 1.807) is 0 Å². The zero-order valence-corrected chi connectivity index (χ0v) is 8.58. The summed E-state index contributed by atoms with van der Waals surface area (Å²) in [6.45, 7) is 6.19. The van der Waals surface area contributed by atoms with Crippen LogP contribution in [-0.4, -0.2) is 29.1 Å². The van der Waals surface area contributed by atoms with E-state index in [1.807, 2.05) is 11.8 Å². The van der Waals surface area contributed by atoms with Crippen molar-refractivity contribution in [2.45, 2.75) is 51.9 Å². The third kappa shape index (κ3) is 1.46. The minimum atomic E-state index is 0.0104. The Hall–Kier alpha value is -0.570. The van der Waals surface area contributed by atoms with Crippen LogP contribution < -0.4 is 5.32 Å². The van der Waals surface area contributed by atoms with E-state index in [0.717, 1.165) is 5.92 Å². The Morgan fingerprint density at radius 3 is 2.46 bits per heavy atom. The Kier molecular flexibility index (Phi) is 2.06. The molecule has 1 heterocycles. The van der Waals surface area contributed by atoms with Gasteiger partial charge in [-0.05, 0) is 39.5 Å². The highest BCUT2D eigenvalue weighted by atomic mass is 16.2. The standard InChI is InChI=1S/C10H18N2O/c1-6-10(13)12(8(3)11-6)7(2)9-4-5-9/h6-9,11H,4-5H2,1-3H3. The van der Waals surface area contributed by atoms with E-state index in [4.69, 9.17) is 0 Å². The lowest BCUT2D eigenvalue weighted by Crippen LogP contribution is -2.42. The molecule has 0 bridgehead atoms. The topological polar surface area (TPSA) is 32.3 Å². The first kappa shape index (κ1) is 9.00. The molecule has 2 fully saturated rings. The predicted molar refractivity (Wildman–Crippen MR) is 51.1 cm³/mol. The monoisotopic (exact) mass is 182 g/mol. The molecule has 1 N–H and O–H groups in total. The molecule has 0 aromatic carbocycles. The van der Waals surface area contributed by atoms with Crippen LogP contribution in [0.2, 0.25) is 0 Å². The maximum atomic E-state index is 11.8. The van der Waals surface area contributed by atoms with Gasteiger partial charge < -0.3 is 4.90 Å². The van der Waals surface area contributed by atoms with Gasteiger partial charge in [0.15, 0.2) is 0 Å². The molecule has 74 valence electrons. The second kappa shape index (κ2) is 2.98. The molecular formula is C10H18N2O. The molecule has 1 amide bonds. The lowest BCUT2D eigenvalue weighted by atomic mass is 10.1. The number of nitrogens with one attached hydrogen (secondary N) is 1. The van der Waals surface area contributed by atoms with Crippen LogP contribution in [0.25, 0.3) is 0 Å². The predicted octanol–water partition coefficient (Wildman–Crippen LogP) is 0.951. The molecule has 3 unspecified atom stereocenters. The van der Waals surface area contributed by atoms with Gasteiger partial charge in [-0.1, -0.05) is 0 Å². The first-order valence-electron chi connectivity index (χ1n) is 5.19. The molecular weight excluding hydrogens is 164 g/mol. The van der Waals surface area contributed by atoms with Crippen molar-refractivity contribution in [3.8, 4) is 0 Å². The van der Waals surface area contributed by atoms with E-state index in [0.29, 0.717) is 6.04 Å². The summed E-state index contributed by atoms with van der Waals surface area (Å²) in [5.41, 5.74) is 0. The molecule has 3 nitrogen and oxygen atoms in total. The van der Waals surface area contributed by atoms with Gasteiger partial charge in [0.25, 0.3) is 0 Å². The molecule has 2 rings (SSSR count). The Morgan fingerprint density at radius 2 is 2.08 bits per heavy atom. The van der Waals surface area contributed by atoms with Gasteiger partial charge in [0.2, 0.25) is 5.91 Å². The van der Waals surface area contributed by atoms with Gasteiger partial charge in [0.1, 0.15) is 0 Å². The Labute approximate surface area is 79.5 Å². The van der Waals surface area contributed by atoms with Crippen LogP contribution in [-0.2, 0) is 4.79 Å². The van der Waals surface area contributed by atoms with Crippen molar-refractivity contribution in [3.63, 3.8) is 0 Å². The van der Waals surface area contributed by atoms with Crippen LogP contribution in [0.4, 0.5) is 0 Å². The number of hydrogen-bond donors (Lipinski definition) is 1. The lowest BCUT2D eigenvalue weighted by molar-refractivity contribution is -0.131. The largest absolute Gasteiger partial charge is 0.323 e. The van der Waals surface area contributed by atoms with Crippen LogP contribution in [0.1, 0.15) is 33.6 Å². The van der Waals surface area contributed by atoms with Crippen LogP contribution >= 0.6 is 0 Å². The van der Waals surface area contributed by atoms with Gasteiger partial charge in [0, 0.05) is 6.04 Å². The van der Waals surface area contributed by atoms with Gasteiger partial charge >= 0.3 is 0 Å². The summed E-state index contributed by atoms with van der Waals surface area (Å²) in [6, 6.07) is 0.441. The summed E-state index contributed by atoms with van der Waals surface area (Å²) in [4.78, 5) is 13.8. The third-order valence-corrected chi connectivity index (χ3v) is 3.28. The molecule has 1 aliphatic carbocycles. The SMILES string of the molecule is CC1NC(C)N(C(C)C2CC2)C1=O.